The highest BCUT2D eigenvalue weighted by Crippen LogP contribution is 2.25. The molecule has 0 aromatic heterocycles. The fourth-order valence-corrected chi connectivity index (χ4v) is 3.65. The van der Waals surface area contributed by atoms with Crippen LogP contribution in [0.5, 0.6) is 0 Å². The number of benzene rings is 3. The number of aryl methyl sites for hydroxylation is 1. The first kappa shape index (κ1) is 23.3. The Hall–Kier alpha value is -3.37. The van der Waals surface area contributed by atoms with E-state index in [9.17, 15) is 9.59 Å². The number of hydrogen-bond acceptors (Lipinski definition) is 2. The van der Waals surface area contributed by atoms with Crippen molar-refractivity contribution in [1.82, 2.24) is 10.2 Å². The van der Waals surface area contributed by atoms with Crippen molar-refractivity contribution in [2.45, 2.75) is 25.4 Å². The molecule has 0 spiro atoms. The number of carbonyl (C=O) groups is 2. The summed E-state index contributed by atoms with van der Waals surface area (Å²) in [4.78, 5) is 28.3. The van der Waals surface area contributed by atoms with E-state index in [0.29, 0.717) is 31.0 Å². The molecular weight excluding hydrogens is 420 g/mol. The Morgan fingerprint density at radius 3 is 2.16 bits per heavy atom. The number of amides is 2. The second kappa shape index (κ2) is 11.9. The van der Waals surface area contributed by atoms with E-state index in [4.69, 9.17) is 11.6 Å². The van der Waals surface area contributed by atoms with Crippen LogP contribution in [0.15, 0.2) is 97.6 Å². The van der Waals surface area contributed by atoms with Gasteiger partial charge in [0.25, 0.3) is 0 Å². The van der Waals surface area contributed by atoms with E-state index in [2.05, 4.69) is 11.9 Å². The third-order valence-electron chi connectivity index (χ3n) is 5.15. The first-order valence-electron chi connectivity index (χ1n) is 10.6. The number of rotatable bonds is 10. The van der Waals surface area contributed by atoms with Crippen LogP contribution in [-0.2, 0) is 22.6 Å². The van der Waals surface area contributed by atoms with Gasteiger partial charge in [-0.1, -0.05) is 90.5 Å². The van der Waals surface area contributed by atoms with Crippen molar-refractivity contribution in [2.24, 2.45) is 0 Å². The fraction of sp³-hybridized carbons (Fsp3) is 0.185. The van der Waals surface area contributed by atoms with Crippen molar-refractivity contribution in [1.29, 1.82) is 0 Å². The van der Waals surface area contributed by atoms with E-state index in [0.717, 1.165) is 16.7 Å². The van der Waals surface area contributed by atoms with Crippen molar-refractivity contribution in [3.8, 4) is 0 Å². The summed E-state index contributed by atoms with van der Waals surface area (Å²) >= 11 is 6.04. The molecule has 1 atom stereocenters. The average Bonchev–Trinajstić information content (AvgIpc) is 2.83. The molecule has 0 fully saturated rings. The fourth-order valence-electron chi connectivity index (χ4n) is 3.53. The Balaban J connectivity index is 1.92. The van der Waals surface area contributed by atoms with Gasteiger partial charge in [-0.15, -0.1) is 6.58 Å². The summed E-state index contributed by atoms with van der Waals surface area (Å²) in [6.45, 7) is 4.30. The number of nitrogens with zero attached hydrogens (tertiary/aromatic N) is 1. The highest BCUT2D eigenvalue weighted by atomic mass is 35.5. The third kappa shape index (κ3) is 6.56. The zero-order chi connectivity index (χ0) is 22.8. The van der Waals surface area contributed by atoms with Crippen LogP contribution < -0.4 is 5.32 Å². The molecule has 0 aliphatic heterocycles. The summed E-state index contributed by atoms with van der Waals surface area (Å²) in [5.41, 5.74) is 2.75. The van der Waals surface area contributed by atoms with Gasteiger partial charge in [0.2, 0.25) is 11.8 Å². The monoisotopic (exact) mass is 446 g/mol. The Labute approximate surface area is 194 Å². The molecule has 32 heavy (non-hydrogen) atoms. The lowest BCUT2D eigenvalue weighted by Crippen LogP contribution is -2.43. The maximum atomic E-state index is 13.5. The molecule has 0 radical (unpaired) electrons. The lowest BCUT2D eigenvalue weighted by molar-refractivity contribution is -0.141. The molecule has 1 N–H and O–H groups in total. The Bertz CT molecular complexity index is 1020. The minimum Gasteiger partial charge on any atom is -0.351 e. The second-order valence-electron chi connectivity index (χ2n) is 7.48. The van der Waals surface area contributed by atoms with Gasteiger partial charge < -0.3 is 10.2 Å². The molecule has 3 aromatic carbocycles. The van der Waals surface area contributed by atoms with Gasteiger partial charge >= 0.3 is 0 Å². The molecule has 0 aliphatic carbocycles. The number of carbonyl (C=O) groups excluding carboxylic acids is 2. The average molecular weight is 447 g/mol. The normalized spacial score (nSPS) is 11.4. The molecule has 0 aliphatic rings. The standard InChI is InChI=1S/C27H27ClN2O2/c1-2-19-29-27(32)26(23-11-7-4-8-12-23)30(20-22-13-16-24(28)17-14-22)25(31)18-15-21-9-5-3-6-10-21/h2-14,16-17,26H,1,15,18-20H2,(H,29,32). The number of hydrogen-bond donors (Lipinski definition) is 1. The van der Waals surface area contributed by atoms with Crippen LogP contribution in [-0.4, -0.2) is 23.3 Å². The Kier molecular flexibility index (Phi) is 8.64. The van der Waals surface area contributed by atoms with Crippen molar-refractivity contribution in [3.63, 3.8) is 0 Å². The maximum absolute atomic E-state index is 13.5. The minimum atomic E-state index is -0.755. The quantitative estimate of drug-likeness (QED) is 0.427. The van der Waals surface area contributed by atoms with Crippen molar-refractivity contribution in [2.75, 3.05) is 6.54 Å². The molecule has 0 saturated carbocycles. The van der Waals surface area contributed by atoms with Gasteiger partial charge in [0, 0.05) is 24.5 Å². The van der Waals surface area contributed by atoms with Gasteiger partial charge in [0.1, 0.15) is 6.04 Å². The van der Waals surface area contributed by atoms with Crippen molar-refractivity contribution in [3.05, 3.63) is 119 Å². The van der Waals surface area contributed by atoms with E-state index >= 15 is 0 Å². The van der Waals surface area contributed by atoms with Crippen LogP contribution >= 0.6 is 11.6 Å². The van der Waals surface area contributed by atoms with E-state index in [1.54, 1.807) is 23.1 Å². The molecule has 3 rings (SSSR count). The van der Waals surface area contributed by atoms with Crippen LogP contribution in [0, 0.1) is 0 Å². The van der Waals surface area contributed by atoms with Gasteiger partial charge in [-0.2, -0.15) is 0 Å². The van der Waals surface area contributed by atoms with Crippen molar-refractivity contribution >= 4 is 23.4 Å². The highest BCUT2D eigenvalue weighted by molar-refractivity contribution is 6.30. The van der Waals surface area contributed by atoms with E-state index in [-0.39, 0.29) is 11.8 Å². The molecule has 1 unspecified atom stereocenters. The summed E-state index contributed by atoms with van der Waals surface area (Å²) in [7, 11) is 0. The zero-order valence-electron chi connectivity index (χ0n) is 17.9. The maximum Gasteiger partial charge on any atom is 0.247 e. The Morgan fingerprint density at radius 1 is 0.906 bits per heavy atom. The summed E-state index contributed by atoms with van der Waals surface area (Å²) < 4.78 is 0. The zero-order valence-corrected chi connectivity index (χ0v) is 18.7. The molecule has 4 nitrogen and oxygen atoms in total. The Morgan fingerprint density at radius 2 is 1.53 bits per heavy atom. The molecule has 2 amide bonds. The van der Waals surface area contributed by atoms with E-state index < -0.39 is 6.04 Å². The van der Waals surface area contributed by atoms with Crippen LogP contribution in [0.3, 0.4) is 0 Å². The molecule has 3 aromatic rings. The largest absolute Gasteiger partial charge is 0.351 e. The number of halogens is 1. The van der Waals surface area contributed by atoms with Gasteiger partial charge in [-0.05, 0) is 35.2 Å². The predicted octanol–water partition coefficient (Wildman–Crippen LogP) is 5.34. The highest BCUT2D eigenvalue weighted by Gasteiger charge is 2.31. The van der Waals surface area contributed by atoms with Crippen LogP contribution in [0.1, 0.15) is 29.2 Å². The molecule has 5 heteroatoms. The first-order valence-corrected chi connectivity index (χ1v) is 11.0. The summed E-state index contributed by atoms with van der Waals surface area (Å²) in [6.07, 6.45) is 2.53. The number of nitrogens with one attached hydrogen (secondary N) is 1. The molecule has 0 saturated heterocycles. The van der Waals surface area contributed by atoms with Gasteiger partial charge in [-0.3, -0.25) is 9.59 Å². The van der Waals surface area contributed by atoms with Crippen LogP contribution in [0.25, 0.3) is 0 Å². The van der Waals surface area contributed by atoms with Gasteiger partial charge in [0.15, 0.2) is 0 Å². The molecular formula is C27H27ClN2O2. The van der Waals surface area contributed by atoms with Gasteiger partial charge in [-0.25, -0.2) is 0 Å². The van der Waals surface area contributed by atoms with E-state index in [1.165, 1.54) is 0 Å². The lowest BCUT2D eigenvalue weighted by Gasteiger charge is -2.31. The van der Waals surface area contributed by atoms with E-state index in [1.807, 2.05) is 72.8 Å². The topological polar surface area (TPSA) is 49.4 Å². The summed E-state index contributed by atoms with van der Waals surface area (Å²) in [5.74, 6) is -0.329. The molecule has 0 heterocycles. The summed E-state index contributed by atoms with van der Waals surface area (Å²) in [6, 6.07) is 25.8. The van der Waals surface area contributed by atoms with Crippen LogP contribution in [0.2, 0.25) is 5.02 Å². The van der Waals surface area contributed by atoms with Gasteiger partial charge in [0.05, 0.1) is 0 Å². The summed E-state index contributed by atoms with van der Waals surface area (Å²) in [5, 5.41) is 3.49. The minimum absolute atomic E-state index is 0.0913. The SMILES string of the molecule is C=CCNC(=O)C(c1ccccc1)N(Cc1ccc(Cl)cc1)C(=O)CCc1ccccc1. The second-order valence-corrected chi connectivity index (χ2v) is 7.92. The van der Waals surface area contributed by atoms with Crippen molar-refractivity contribution < 1.29 is 9.59 Å². The smallest absolute Gasteiger partial charge is 0.247 e. The predicted molar refractivity (Wildman–Crippen MR) is 129 cm³/mol. The van der Waals surface area contributed by atoms with Crippen LogP contribution in [0.4, 0.5) is 0 Å². The molecule has 164 valence electrons. The molecule has 0 bridgehead atoms. The third-order valence-corrected chi connectivity index (χ3v) is 5.40. The first-order chi connectivity index (χ1) is 15.6. The lowest BCUT2D eigenvalue weighted by atomic mass is 10.0.